The molecule has 1 aromatic carbocycles. The van der Waals surface area contributed by atoms with Crippen LogP contribution in [0, 0.1) is 5.92 Å². The van der Waals surface area contributed by atoms with Gasteiger partial charge >= 0.3 is 0 Å². The minimum atomic E-state index is -0.198. The summed E-state index contributed by atoms with van der Waals surface area (Å²) in [7, 11) is 0. The van der Waals surface area contributed by atoms with Crippen molar-refractivity contribution in [1.29, 1.82) is 0 Å². The van der Waals surface area contributed by atoms with Gasteiger partial charge in [0.05, 0.1) is 16.0 Å². The third kappa shape index (κ3) is 4.21. The Balaban J connectivity index is 1.21. The molecule has 29 heavy (non-hydrogen) atoms. The Labute approximate surface area is 181 Å². The lowest BCUT2D eigenvalue weighted by Gasteiger charge is -2.70. The van der Waals surface area contributed by atoms with Gasteiger partial charge in [-0.15, -0.1) is 0 Å². The third-order valence-corrected chi connectivity index (χ3v) is 7.22. The first kappa shape index (κ1) is 20.8. The maximum Gasteiger partial charge on any atom is 0.258 e. The van der Waals surface area contributed by atoms with Crippen molar-refractivity contribution < 1.29 is 14.3 Å². The Bertz CT molecular complexity index is 812. The molecule has 3 unspecified atom stereocenters. The van der Waals surface area contributed by atoms with Crippen molar-refractivity contribution in [3.8, 4) is 5.75 Å². The number of nitrogens with one attached hydrogen (secondary N) is 3. The van der Waals surface area contributed by atoms with Crippen molar-refractivity contribution in [2.75, 3.05) is 6.61 Å². The van der Waals surface area contributed by atoms with Gasteiger partial charge in [-0.3, -0.25) is 9.59 Å². The van der Waals surface area contributed by atoms with Gasteiger partial charge < -0.3 is 20.7 Å². The molecule has 0 radical (unpaired) electrons. The molecule has 0 aromatic heterocycles. The first-order valence-electron chi connectivity index (χ1n) is 10.2. The number of carbonyl (C=O) groups excluding carboxylic acids is 2. The Kier molecular flexibility index (Phi) is 5.47. The number of piperidine rings is 1. The smallest absolute Gasteiger partial charge is 0.258 e. The molecule has 5 rings (SSSR count). The number of benzene rings is 1. The van der Waals surface area contributed by atoms with Crippen LogP contribution in [0.4, 0.5) is 0 Å². The fraction of sp³-hybridized carbons (Fsp3) is 0.619. The van der Waals surface area contributed by atoms with Crippen molar-refractivity contribution in [2.24, 2.45) is 5.92 Å². The highest BCUT2D eigenvalue weighted by atomic mass is 35.5. The molecule has 3 N–H and O–H groups in total. The normalized spacial score (nSPS) is 35.1. The highest BCUT2D eigenvalue weighted by molar-refractivity contribution is 6.42. The Hall–Kier alpha value is -1.50. The number of halogens is 2. The summed E-state index contributed by atoms with van der Waals surface area (Å²) < 4.78 is 5.49. The minimum Gasteiger partial charge on any atom is -0.484 e. The molecule has 2 amide bonds. The molecule has 8 heteroatoms. The molecular formula is C21H27Cl2N3O3. The average molecular weight is 440 g/mol. The van der Waals surface area contributed by atoms with Gasteiger partial charge in [0, 0.05) is 29.2 Å². The Morgan fingerprint density at radius 1 is 1.10 bits per heavy atom. The number of rotatable bonds is 6. The van der Waals surface area contributed by atoms with Crippen molar-refractivity contribution in [2.45, 2.75) is 69.1 Å². The van der Waals surface area contributed by atoms with Crippen LogP contribution in [0.5, 0.6) is 5.75 Å². The fourth-order valence-electron chi connectivity index (χ4n) is 5.14. The van der Waals surface area contributed by atoms with Crippen LogP contribution in [0.1, 0.15) is 46.0 Å². The van der Waals surface area contributed by atoms with Gasteiger partial charge in [0.1, 0.15) is 5.75 Å². The van der Waals surface area contributed by atoms with Crippen LogP contribution in [0.15, 0.2) is 18.2 Å². The zero-order valence-electron chi connectivity index (χ0n) is 16.7. The van der Waals surface area contributed by atoms with Crippen LogP contribution in [0.3, 0.4) is 0 Å². The van der Waals surface area contributed by atoms with Crippen LogP contribution in [0.2, 0.25) is 10.0 Å². The summed E-state index contributed by atoms with van der Waals surface area (Å²) in [5.74, 6) is 0.486. The van der Waals surface area contributed by atoms with E-state index in [0.29, 0.717) is 21.8 Å². The molecule has 3 saturated carbocycles. The summed E-state index contributed by atoms with van der Waals surface area (Å²) in [4.78, 5) is 25.0. The number of hydrogen-bond acceptors (Lipinski definition) is 4. The lowest BCUT2D eigenvalue weighted by molar-refractivity contribution is -0.153. The average Bonchev–Trinajstić information content (AvgIpc) is 2.59. The second-order valence-corrected chi connectivity index (χ2v) is 9.85. The van der Waals surface area contributed by atoms with Crippen LogP contribution < -0.4 is 20.7 Å². The molecule has 1 heterocycles. The van der Waals surface area contributed by atoms with Crippen LogP contribution in [0.25, 0.3) is 0 Å². The molecule has 6 nitrogen and oxygen atoms in total. The number of hydrogen-bond donors (Lipinski definition) is 3. The fourth-order valence-corrected chi connectivity index (χ4v) is 5.43. The zero-order valence-corrected chi connectivity index (χ0v) is 18.2. The molecule has 4 fully saturated rings. The van der Waals surface area contributed by atoms with E-state index in [4.69, 9.17) is 27.9 Å². The summed E-state index contributed by atoms with van der Waals surface area (Å²) in [5.41, 5.74) is -0.339. The Morgan fingerprint density at radius 3 is 2.45 bits per heavy atom. The quantitative estimate of drug-likeness (QED) is 0.636. The predicted molar refractivity (Wildman–Crippen MR) is 112 cm³/mol. The van der Waals surface area contributed by atoms with E-state index in [9.17, 15) is 9.59 Å². The standard InChI is InChI=1S/C21H27Cl2N3O3/c1-12-3-5-15(13(2)24-12)19(28)26-21-9-20(10-21,11-21)25-18(27)8-29-14-4-6-16(22)17(23)7-14/h4,6-7,12-13,15,24H,3,5,8-11H2,1-2H3,(H,25,27)(H,26,28). The molecular weight excluding hydrogens is 413 g/mol. The first-order valence-corrected chi connectivity index (χ1v) is 10.9. The number of carbonyl (C=O) groups is 2. The van der Waals surface area contributed by atoms with E-state index in [-0.39, 0.29) is 41.5 Å². The second kappa shape index (κ2) is 7.64. The van der Waals surface area contributed by atoms with E-state index >= 15 is 0 Å². The van der Waals surface area contributed by atoms with Crippen molar-refractivity contribution >= 4 is 35.0 Å². The van der Waals surface area contributed by atoms with Crippen molar-refractivity contribution in [3.05, 3.63) is 28.2 Å². The topological polar surface area (TPSA) is 79.5 Å². The lowest BCUT2D eigenvalue weighted by Crippen LogP contribution is -2.84. The monoisotopic (exact) mass is 439 g/mol. The molecule has 3 aliphatic carbocycles. The van der Waals surface area contributed by atoms with E-state index in [1.54, 1.807) is 18.2 Å². The van der Waals surface area contributed by atoms with Crippen LogP contribution in [-0.4, -0.2) is 41.6 Å². The van der Waals surface area contributed by atoms with Gasteiger partial charge in [0.2, 0.25) is 5.91 Å². The maximum atomic E-state index is 12.7. The van der Waals surface area contributed by atoms with E-state index in [2.05, 4.69) is 29.8 Å². The molecule has 0 spiro atoms. The SMILES string of the molecule is CC1CCC(C(=O)NC23CC(NC(=O)COc4ccc(Cl)c(Cl)c4)(C2)C3)C(C)N1. The lowest BCUT2D eigenvalue weighted by atomic mass is 9.44. The third-order valence-electron chi connectivity index (χ3n) is 6.48. The molecule has 158 valence electrons. The van der Waals surface area contributed by atoms with E-state index in [1.807, 2.05) is 0 Å². The van der Waals surface area contributed by atoms with Gasteiger partial charge in [0.25, 0.3) is 5.91 Å². The minimum absolute atomic E-state index is 0.0189. The van der Waals surface area contributed by atoms with E-state index in [0.717, 1.165) is 32.1 Å². The number of amides is 2. The molecule has 3 atom stereocenters. The molecule has 2 bridgehead atoms. The van der Waals surface area contributed by atoms with Gasteiger partial charge in [-0.25, -0.2) is 0 Å². The number of ether oxygens (including phenoxy) is 1. The zero-order chi connectivity index (χ0) is 20.8. The largest absolute Gasteiger partial charge is 0.484 e. The van der Waals surface area contributed by atoms with Gasteiger partial charge in [0.15, 0.2) is 6.61 Å². The highest BCUT2D eigenvalue weighted by Gasteiger charge is 2.69. The maximum absolute atomic E-state index is 12.7. The summed E-state index contributed by atoms with van der Waals surface area (Å²) >= 11 is 11.8. The van der Waals surface area contributed by atoms with Crippen LogP contribution in [-0.2, 0) is 9.59 Å². The van der Waals surface area contributed by atoms with E-state index in [1.165, 1.54) is 0 Å². The van der Waals surface area contributed by atoms with Crippen LogP contribution >= 0.6 is 23.2 Å². The van der Waals surface area contributed by atoms with Gasteiger partial charge in [-0.05, 0) is 58.1 Å². The highest BCUT2D eigenvalue weighted by Crippen LogP contribution is 2.60. The summed E-state index contributed by atoms with van der Waals surface area (Å²) in [6, 6.07) is 5.56. The van der Waals surface area contributed by atoms with Gasteiger partial charge in [-0.1, -0.05) is 23.2 Å². The van der Waals surface area contributed by atoms with Crippen molar-refractivity contribution in [1.82, 2.24) is 16.0 Å². The molecule has 4 aliphatic rings. The molecule has 1 aromatic rings. The second-order valence-electron chi connectivity index (χ2n) is 9.03. The molecule has 1 saturated heterocycles. The summed E-state index contributed by atoms with van der Waals surface area (Å²) in [6.45, 7) is 4.16. The van der Waals surface area contributed by atoms with Crippen molar-refractivity contribution in [3.63, 3.8) is 0 Å². The Morgan fingerprint density at radius 2 is 1.79 bits per heavy atom. The first-order chi connectivity index (χ1) is 13.7. The predicted octanol–water partition coefficient (Wildman–Crippen LogP) is 3.06. The van der Waals surface area contributed by atoms with Gasteiger partial charge in [-0.2, -0.15) is 0 Å². The molecule has 1 aliphatic heterocycles. The van der Waals surface area contributed by atoms with E-state index < -0.39 is 0 Å². The summed E-state index contributed by atoms with van der Waals surface area (Å²) in [5, 5.41) is 10.6. The summed E-state index contributed by atoms with van der Waals surface area (Å²) in [6.07, 6.45) is 4.30.